The zero-order valence-corrected chi connectivity index (χ0v) is 11.3. The molecule has 2 aromatic rings. The molecule has 0 saturated heterocycles. The molecule has 0 amide bonds. The van der Waals surface area contributed by atoms with E-state index in [4.69, 9.17) is 16.3 Å². The molecule has 4 nitrogen and oxygen atoms in total. The summed E-state index contributed by atoms with van der Waals surface area (Å²) in [6, 6.07) is 1.72. The lowest BCUT2D eigenvalue weighted by Crippen LogP contribution is -2.20. The number of aliphatic hydroxyl groups is 1. The number of rotatable bonds is 3. The molecule has 0 aliphatic heterocycles. The highest BCUT2D eigenvalue weighted by Crippen LogP contribution is 2.34. The number of hydrogen-bond acceptors (Lipinski definition) is 4. The maximum atomic E-state index is 10.4. The summed E-state index contributed by atoms with van der Waals surface area (Å²) in [5, 5.41) is 12.3. The van der Waals surface area contributed by atoms with Crippen LogP contribution in [0.4, 0.5) is 0 Å². The highest BCUT2D eigenvalue weighted by Gasteiger charge is 2.24. The molecule has 96 valence electrons. The summed E-state index contributed by atoms with van der Waals surface area (Å²) in [6.07, 6.45) is 3.82. The van der Waals surface area contributed by atoms with Gasteiger partial charge in [0.05, 0.1) is 18.1 Å². The summed E-state index contributed by atoms with van der Waals surface area (Å²) in [4.78, 5) is 8.23. The van der Waals surface area contributed by atoms with E-state index in [9.17, 15) is 5.11 Å². The van der Waals surface area contributed by atoms with Crippen molar-refractivity contribution in [2.75, 3.05) is 7.11 Å². The molecular formula is C13H15ClN2O2. The van der Waals surface area contributed by atoms with Gasteiger partial charge in [-0.15, -0.1) is 0 Å². The van der Waals surface area contributed by atoms with Gasteiger partial charge in [0.25, 0.3) is 0 Å². The fraction of sp³-hybridized carbons (Fsp3) is 0.385. The number of hydrogen-bond donors (Lipinski definition) is 1. The fourth-order valence-corrected chi connectivity index (χ4v) is 2.03. The normalized spacial score (nSPS) is 14.5. The van der Waals surface area contributed by atoms with Gasteiger partial charge in [-0.3, -0.25) is 0 Å². The topological polar surface area (TPSA) is 55.2 Å². The van der Waals surface area contributed by atoms with Gasteiger partial charge in [0.1, 0.15) is 5.15 Å². The number of ether oxygens (including phenoxy) is 1. The van der Waals surface area contributed by atoms with Gasteiger partial charge < -0.3 is 9.84 Å². The molecule has 0 aliphatic carbocycles. The number of fused-ring (bicyclic) bond motifs is 1. The van der Waals surface area contributed by atoms with E-state index in [0.717, 1.165) is 16.3 Å². The van der Waals surface area contributed by atoms with Crippen LogP contribution in [0, 0.1) is 0 Å². The Labute approximate surface area is 111 Å². The molecule has 0 radical (unpaired) electrons. The SMILES string of the molecule is CCC(C)(O)c1cnc(OC)c2cnc(Cl)cc12. The van der Waals surface area contributed by atoms with Gasteiger partial charge in [0, 0.05) is 18.0 Å². The van der Waals surface area contributed by atoms with E-state index in [-0.39, 0.29) is 0 Å². The molecule has 0 saturated carbocycles. The molecule has 0 aromatic carbocycles. The first kappa shape index (κ1) is 13.1. The summed E-state index contributed by atoms with van der Waals surface area (Å²) in [5.41, 5.74) is -0.229. The van der Waals surface area contributed by atoms with Gasteiger partial charge in [-0.2, -0.15) is 0 Å². The second-order valence-electron chi connectivity index (χ2n) is 4.36. The Morgan fingerprint density at radius 2 is 2.06 bits per heavy atom. The highest BCUT2D eigenvalue weighted by atomic mass is 35.5. The van der Waals surface area contributed by atoms with Crippen molar-refractivity contribution in [2.24, 2.45) is 0 Å². The minimum absolute atomic E-state index is 0.379. The number of halogens is 1. The van der Waals surface area contributed by atoms with Crippen molar-refractivity contribution >= 4 is 22.4 Å². The Hall–Kier alpha value is -1.39. The molecule has 0 aliphatic rings. The molecule has 2 rings (SSSR count). The van der Waals surface area contributed by atoms with E-state index in [0.29, 0.717) is 17.5 Å². The minimum Gasteiger partial charge on any atom is -0.481 e. The Morgan fingerprint density at radius 3 is 2.67 bits per heavy atom. The van der Waals surface area contributed by atoms with Gasteiger partial charge in [-0.1, -0.05) is 18.5 Å². The van der Waals surface area contributed by atoms with Crippen molar-refractivity contribution < 1.29 is 9.84 Å². The van der Waals surface area contributed by atoms with Crippen molar-refractivity contribution in [1.82, 2.24) is 9.97 Å². The van der Waals surface area contributed by atoms with Crippen LogP contribution in [0.2, 0.25) is 5.15 Å². The van der Waals surface area contributed by atoms with E-state index < -0.39 is 5.60 Å². The number of methoxy groups -OCH3 is 1. The molecule has 1 N–H and O–H groups in total. The average Bonchev–Trinajstić information content (AvgIpc) is 2.36. The smallest absolute Gasteiger partial charge is 0.222 e. The van der Waals surface area contributed by atoms with Crippen LogP contribution in [0.1, 0.15) is 25.8 Å². The molecule has 2 aromatic heterocycles. The van der Waals surface area contributed by atoms with E-state index in [1.807, 2.05) is 6.92 Å². The Morgan fingerprint density at radius 1 is 1.33 bits per heavy atom. The van der Waals surface area contributed by atoms with Crippen molar-refractivity contribution in [3.05, 3.63) is 29.2 Å². The molecular weight excluding hydrogens is 252 g/mol. The number of aromatic nitrogens is 2. The van der Waals surface area contributed by atoms with Crippen LogP contribution in [0.15, 0.2) is 18.5 Å². The van der Waals surface area contributed by atoms with Crippen molar-refractivity contribution in [3.63, 3.8) is 0 Å². The van der Waals surface area contributed by atoms with Crippen LogP contribution in [0.25, 0.3) is 10.8 Å². The van der Waals surface area contributed by atoms with Crippen LogP contribution in [-0.2, 0) is 5.60 Å². The molecule has 0 fully saturated rings. The number of pyridine rings is 2. The van der Waals surface area contributed by atoms with Gasteiger partial charge in [-0.25, -0.2) is 9.97 Å². The zero-order valence-electron chi connectivity index (χ0n) is 10.6. The molecule has 0 bridgehead atoms. The van der Waals surface area contributed by atoms with Crippen LogP contribution in [-0.4, -0.2) is 22.2 Å². The van der Waals surface area contributed by atoms with Gasteiger partial charge in [-0.05, 0) is 24.8 Å². The van der Waals surface area contributed by atoms with Crippen LogP contribution >= 0.6 is 11.6 Å². The first-order chi connectivity index (χ1) is 8.49. The van der Waals surface area contributed by atoms with Crippen LogP contribution < -0.4 is 4.74 Å². The summed E-state index contributed by atoms with van der Waals surface area (Å²) < 4.78 is 5.19. The Bertz CT molecular complexity index is 584. The molecule has 1 atom stereocenters. The number of nitrogens with zero attached hydrogens (tertiary/aromatic N) is 2. The summed E-state index contributed by atoms with van der Waals surface area (Å²) in [7, 11) is 1.55. The third-order valence-corrected chi connectivity index (χ3v) is 3.37. The maximum Gasteiger partial charge on any atom is 0.222 e. The Kier molecular flexibility index (Phi) is 3.41. The van der Waals surface area contributed by atoms with E-state index >= 15 is 0 Å². The first-order valence-corrected chi connectivity index (χ1v) is 6.08. The second-order valence-corrected chi connectivity index (χ2v) is 4.75. The highest BCUT2D eigenvalue weighted by molar-refractivity contribution is 6.30. The first-order valence-electron chi connectivity index (χ1n) is 5.70. The quantitative estimate of drug-likeness (QED) is 0.868. The second kappa shape index (κ2) is 4.71. The molecule has 1 unspecified atom stereocenters. The van der Waals surface area contributed by atoms with Crippen LogP contribution in [0.3, 0.4) is 0 Å². The molecule has 5 heteroatoms. The lowest BCUT2D eigenvalue weighted by atomic mass is 9.91. The van der Waals surface area contributed by atoms with E-state index in [2.05, 4.69) is 9.97 Å². The standard InChI is InChI=1S/C13H15ClN2O2/c1-4-13(2,17)10-7-16-12(18-3)9-6-15-11(14)5-8(9)10/h5-7,17H,4H2,1-3H3. The molecule has 18 heavy (non-hydrogen) atoms. The summed E-state index contributed by atoms with van der Waals surface area (Å²) >= 11 is 5.93. The lowest BCUT2D eigenvalue weighted by molar-refractivity contribution is 0.0542. The maximum absolute atomic E-state index is 10.4. The Balaban J connectivity index is 2.80. The predicted octanol–water partition coefficient (Wildman–Crippen LogP) is 2.91. The predicted molar refractivity (Wildman–Crippen MR) is 71.0 cm³/mol. The van der Waals surface area contributed by atoms with Gasteiger partial charge in [0.15, 0.2) is 0 Å². The summed E-state index contributed by atoms with van der Waals surface area (Å²) in [6.45, 7) is 3.67. The van der Waals surface area contributed by atoms with Crippen molar-refractivity contribution in [1.29, 1.82) is 0 Å². The zero-order chi connectivity index (χ0) is 13.3. The third-order valence-electron chi connectivity index (χ3n) is 3.16. The largest absolute Gasteiger partial charge is 0.481 e. The molecule has 2 heterocycles. The fourth-order valence-electron chi connectivity index (χ4n) is 1.87. The van der Waals surface area contributed by atoms with E-state index in [1.54, 1.807) is 32.5 Å². The van der Waals surface area contributed by atoms with E-state index in [1.165, 1.54) is 0 Å². The molecule has 0 spiro atoms. The lowest BCUT2D eigenvalue weighted by Gasteiger charge is -2.23. The van der Waals surface area contributed by atoms with Crippen molar-refractivity contribution in [2.45, 2.75) is 25.9 Å². The van der Waals surface area contributed by atoms with Gasteiger partial charge in [0.2, 0.25) is 5.88 Å². The monoisotopic (exact) mass is 266 g/mol. The third kappa shape index (κ3) is 2.13. The van der Waals surface area contributed by atoms with Gasteiger partial charge >= 0.3 is 0 Å². The van der Waals surface area contributed by atoms with Crippen molar-refractivity contribution in [3.8, 4) is 5.88 Å². The summed E-state index contributed by atoms with van der Waals surface area (Å²) in [5.74, 6) is 0.477. The average molecular weight is 267 g/mol. The van der Waals surface area contributed by atoms with Crippen LogP contribution in [0.5, 0.6) is 5.88 Å². The minimum atomic E-state index is -0.956.